The van der Waals surface area contributed by atoms with Crippen molar-refractivity contribution in [3.8, 4) is 5.75 Å². The Labute approximate surface area is 107 Å². The fraction of sp³-hybridized carbons (Fsp3) is 0.0833. The molecule has 0 aliphatic rings. The Hall–Kier alpha value is -1.46. The van der Waals surface area contributed by atoms with Crippen molar-refractivity contribution < 1.29 is 5.11 Å². The maximum atomic E-state index is 9.36. The Morgan fingerprint density at radius 3 is 3.18 bits per heavy atom. The quantitative estimate of drug-likeness (QED) is 0.735. The van der Waals surface area contributed by atoms with Crippen molar-refractivity contribution in [2.45, 2.75) is 10.6 Å². The molecule has 3 rings (SSSR count). The van der Waals surface area contributed by atoms with Crippen LogP contribution in [0.4, 0.5) is 0 Å². The van der Waals surface area contributed by atoms with Gasteiger partial charge in [-0.15, -0.1) is 23.1 Å². The lowest BCUT2D eigenvalue weighted by Crippen LogP contribution is -1.79. The van der Waals surface area contributed by atoms with E-state index in [0.29, 0.717) is 5.75 Å². The number of aromatic hydroxyl groups is 1. The minimum Gasteiger partial charge on any atom is -0.508 e. The van der Waals surface area contributed by atoms with Crippen LogP contribution in [0, 0.1) is 0 Å². The summed E-state index contributed by atoms with van der Waals surface area (Å²) in [5.74, 6) is 1.12. The second-order valence-corrected chi connectivity index (χ2v) is 5.53. The maximum absolute atomic E-state index is 9.36. The smallest absolute Gasteiger partial charge is 0.193 e. The number of phenols is 1. The number of hydrogen-bond acceptors (Lipinski definition) is 4. The zero-order valence-electron chi connectivity index (χ0n) is 8.91. The zero-order chi connectivity index (χ0) is 11.7. The second kappa shape index (κ2) is 4.43. The number of hydrogen-bond donors (Lipinski definition) is 1. The fourth-order valence-corrected chi connectivity index (χ4v) is 3.13. The first-order valence-corrected chi connectivity index (χ1v) is 7.01. The lowest BCUT2D eigenvalue weighted by atomic mass is 10.3. The molecule has 1 aromatic carbocycles. The SMILES string of the molecule is Oc1cccc(SCc2cn3ccsc3n2)c1. The maximum Gasteiger partial charge on any atom is 0.193 e. The average molecular weight is 262 g/mol. The molecule has 0 saturated heterocycles. The number of fused-ring (bicyclic) bond motifs is 1. The van der Waals surface area contributed by atoms with E-state index in [2.05, 4.69) is 4.98 Å². The summed E-state index contributed by atoms with van der Waals surface area (Å²) in [7, 11) is 0. The van der Waals surface area contributed by atoms with Crippen molar-refractivity contribution in [2.24, 2.45) is 0 Å². The van der Waals surface area contributed by atoms with Crippen LogP contribution in [0.3, 0.4) is 0 Å². The summed E-state index contributed by atoms with van der Waals surface area (Å²) in [6.45, 7) is 0. The first-order chi connectivity index (χ1) is 8.31. The highest BCUT2D eigenvalue weighted by Gasteiger charge is 2.03. The summed E-state index contributed by atoms with van der Waals surface area (Å²) in [6, 6.07) is 7.28. The lowest BCUT2D eigenvalue weighted by molar-refractivity contribution is 0.474. The molecule has 0 spiro atoms. The topological polar surface area (TPSA) is 37.5 Å². The van der Waals surface area contributed by atoms with Gasteiger partial charge in [0.25, 0.3) is 0 Å². The van der Waals surface area contributed by atoms with Crippen LogP contribution in [-0.4, -0.2) is 14.5 Å². The summed E-state index contributed by atoms with van der Waals surface area (Å²) in [4.78, 5) is 6.59. The molecule has 5 heteroatoms. The molecule has 0 bridgehead atoms. The predicted molar refractivity (Wildman–Crippen MR) is 70.7 cm³/mol. The highest BCUT2D eigenvalue weighted by Crippen LogP contribution is 2.25. The first-order valence-electron chi connectivity index (χ1n) is 5.14. The van der Waals surface area contributed by atoms with E-state index in [-0.39, 0.29) is 0 Å². The monoisotopic (exact) mass is 262 g/mol. The predicted octanol–water partition coefficient (Wildman–Crippen LogP) is 3.39. The molecular weight excluding hydrogens is 252 g/mol. The number of imidazole rings is 1. The minimum atomic E-state index is 0.306. The Kier molecular flexibility index (Phi) is 2.78. The Morgan fingerprint density at radius 1 is 1.41 bits per heavy atom. The van der Waals surface area contributed by atoms with Crippen molar-refractivity contribution in [2.75, 3.05) is 0 Å². The van der Waals surface area contributed by atoms with Gasteiger partial charge >= 0.3 is 0 Å². The second-order valence-electron chi connectivity index (χ2n) is 3.61. The first kappa shape index (κ1) is 10.7. The molecule has 0 atom stereocenters. The number of thiazole rings is 1. The molecule has 0 radical (unpaired) electrons. The summed E-state index contributed by atoms with van der Waals surface area (Å²) < 4.78 is 2.03. The van der Waals surface area contributed by atoms with Crippen LogP contribution < -0.4 is 0 Å². The molecule has 0 aliphatic carbocycles. The van der Waals surface area contributed by atoms with Gasteiger partial charge in [-0.3, -0.25) is 4.40 Å². The van der Waals surface area contributed by atoms with E-state index in [1.165, 1.54) is 0 Å². The Bertz CT molecular complexity index is 616. The van der Waals surface area contributed by atoms with E-state index in [4.69, 9.17) is 0 Å². The third kappa shape index (κ3) is 2.30. The average Bonchev–Trinajstić information content (AvgIpc) is 2.86. The van der Waals surface area contributed by atoms with E-state index in [1.807, 2.05) is 34.3 Å². The van der Waals surface area contributed by atoms with Gasteiger partial charge in [0, 0.05) is 28.4 Å². The van der Waals surface area contributed by atoms with Crippen LogP contribution in [0.5, 0.6) is 5.75 Å². The van der Waals surface area contributed by atoms with Crippen molar-refractivity contribution in [1.82, 2.24) is 9.38 Å². The van der Waals surface area contributed by atoms with Gasteiger partial charge in [-0.05, 0) is 18.2 Å². The third-order valence-electron chi connectivity index (χ3n) is 2.35. The van der Waals surface area contributed by atoms with E-state index in [1.54, 1.807) is 35.2 Å². The van der Waals surface area contributed by atoms with Gasteiger partial charge in [0.15, 0.2) is 4.96 Å². The van der Waals surface area contributed by atoms with Crippen LogP contribution >= 0.6 is 23.1 Å². The number of aromatic nitrogens is 2. The van der Waals surface area contributed by atoms with Crippen molar-refractivity contribution in [1.29, 1.82) is 0 Å². The largest absolute Gasteiger partial charge is 0.508 e. The molecule has 0 fully saturated rings. The molecular formula is C12H10N2OS2. The molecule has 3 aromatic rings. The van der Waals surface area contributed by atoms with Crippen LogP contribution in [0.2, 0.25) is 0 Å². The van der Waals surface area contributed by atoms with E-state index in [9.17, 15) is 5.11 Å². The van der Waals surface area contributed by atoms with Crippen LogP contribution in [-0.2, 0) is 5.75 Å². The highest BCUT2D eigenvalue weighted by molar-refractivity contribution is 7.98. The molecule has 0 amide bonds. The third-order valence-corrected chi connectivity index (χ3v) is 4.15. The molecule has 17 heavy (non-hydrogen) atoms. The van der Waals surface area contributed by atoms with Crippen molar-refractivity contribution >= 4 is 28.1 Å². The van der Waals surface area contributed by atoms with Gasteiger partial charge < -0.3 is 5.11 Å². The van der Waals surface area contributed by atoms with Gasteiger partial charge in [-0.2, -0.15) is 0 Å². The molecule has 3 nitrogen and oxygen atoms in total. The molecule has 2 heterocycles. The van der Waals surface area contributed by atoms with Gasteiger partial charge in [0.2, 0.25) is 0 Å². The molecule has 2 aromatic heterocycles. The standard InChI is InChI=1S/C12H10N2OS2/c15-10-2-1-3-11(6-10)17-8-9-7-14-4-5-16-12(14)13-9/h1-7,15H,8H2. The summed E-state index contributed by atoms with van der Waals surface area (Å²) in [6.07, 6.45) is 4.05. The Balaban J connectivity index is 1.74. The fourth-order valence-electron chi connectivity index (χ4n) is 1.58. The zero-order valence-corrected chi connectivity index (χ0v) is 10.5. The lowest BCUT2D eigenvalue weighted by Gasteiger charge is -1.99. The molecule has 0 aliphatic heterocycles. The van der Waals surface area contributed by atoms with Gasteiger partial charge in [0.1, 0.15) is 5.75 Å². The number of nitrogens with zero attached hydrogens (tertiary/aromatic N) is 2. The molecule has 1 N–H and O–H groups in total. The van der Waals surface area contributed by atoms with Crippen LogP contribution in [0.15, 0.2) is 46.9 Å². The normalized spacial score (nSPS) is 11.1. The minimum absolute atomic E-state index is 0.306. The number of rotatable bonds is 3. The van der Waals surface area contributed by atoms with Crippen molar-refractivity contribution in [3.05, 3.63) is 47.7 Å². The van der Waals surface area contributed by atoms with E-state index in [0.717, 1.165) is 21.3 Å². The number of benzene rings is 1. The highest BCUT2D eigenvalue weighted by atomic mass is 32.2. The van der Waals surface area contributed by atoms with Gasteiger partial charge in [-0.1, -0.05) is 6.07 Å². The molecule has 0 unspecified atom stereocenters. The van der Waals surface area contributed by atoms with Gasteiger partial charge in [0.05, 0.1) is 5.69 Å². The Morgan fingerprint density at radius 2 is 2.35 bits per heavy atom. The molecule has 0 saturated carbocycles. The van der Waals surface area contributed by atoms with Crippen LogP contribution in [0.1, 0.15) is 5.69 Å². The summed E-state index contributed by atoms with van der Waals surface area (Å²) >= 11 is 3.31. The van der Waals surface area contributed by atoms with Crippen molar-refractivity contribution in [3.63, 3.8) is 0 Å². The number of thioether (sulfide) groups is 1. The molecule has 86 valence electrons. The van der Waals surface area contributed by atoms with E-state index < -0.39 is 0 Å². The summed E-state index contributed by atoms with van der Waals surface area (Å²) in [5, 5.41) is 11.4. The van der Waals surface area contributed by atoms with Gasteiger partial charge in [-0.25, -0.2) is 4.98 Å². The number of phenolic OH excluding ortho intramolecular Hbond substituents is 1. The van der Waals surface area contributed by atoms with E-state index >= 15 is 0 Å². The van der Waals surface area contributed by atoms with Crippen LogP contribution in [0.25, 0.3) is 4.96 Å². The summed E-state index contributed by atoms with van der Waals surface area (Å²) in [5.41, 5.74) is 1.06.